The number of carbonyl (C=O) groups excluding carboxylic acids is 6. The van der Waals surface area contributed by atoms with Gasteiger partial charge in [0.05, 0.1) is 24.9 Å². The van der Waals surface area contributed by atoms with Crippen LogP contribution in [0, 0.1) is 0 Å². The van der Waals surface area contributed by atoms with Gasteiger partial charge in [-0.25, -0.2) is 0 Å². The zero-order chi connectivity index (χ0) is 43.0. The number of hydrogen-bond donors (Lipinski definition) is 12. The summed E-state index contributed by atoms with van der Waals surface area (Å²) in [4.78, 5) is 76.6. The van der Waals surface area contributed by atoms with Gasteiger partial charge in [-0.3, -0.25) is 28.8 Å². The molecule has 57 heavy (non-hydrogen) atoms. The lowest BCUT2D eigenvalue weighted by molar-refractivity contribution is -0.131. The normalized spacial score (nSPS) is 13.2. The van der Waals surface area contributed by atoms with Crippen LogP contribution in [-0.4, -0.2) is 126 Å². The van der Waals surface area contributed by atoms with Crippen LogP contribution in [0.4, 0.5) is 0 Å². The van der Waals surface area contributed by atoms with Gasteiger partial charge >= 0.3 is 0 Å². The predicted molar refractivity (Wildman–Crippen MR) is 223 cm³/mol. The Bertz CT molecular complexity index is 1400. The van der Waals surface area contributed by atoms with E-state index in [0.29, 0.717) is 70.8 Å². The second-order valence-corrected chi connectivity index (χ2v) is 16.1. The molecule has 18 nitrogen and oxygen atoms in total. The Morgan fingerprint density at radius 1 is 0.544 bits per heavy atom. The van der Waals surface area contributed by atoms with Crippen molar-refractivity contribution in [3.05, 3.63) is 34.9 Å². The highest BCUT2D eigenvalue weighted by atomic mass is 16.2. The highest BCUT2D eigenvalue weighted by Gasteiger charge is 2.26. The third-order valence-electron chi connectivity index (χ3n) is 8.86. The average molecular weight is 805 g/mol. The maximum atomic E-state index is 13.4. The number of benzene rings is 1. The van der Waals surface area contributed by atoms with Crippen LogP contribution in [0.2, 0.25) is 0 Å². The summed E-state index contributed by atoms with van der Waals surface area (Å²) in [5, 5.41) is 22.5. The first kappa shape index (κ1) is 50.8. The fourth-order valence-electron chi connectivity index (χ4n) is 5.34. The quantitative estimate of drug-likeness (QED) is 0.0417. The Labute approximate surface area is 338 Å². The number of carbonyl (C=O) groups is 6. The minimum Gasteiger partial charge on any atom is -0.355 e. The summed E-state index contributed by atoms with van der Waals surface area (Å²) >= 11 is 0. The third-order valence-corrected chi connectivity index (χ3v) is 8.86. The first-order chi connectivity index (χ1) is 26.8. The van der Waals surface area contributed by atoms with Crippen LogP contribution < -0.4 is 65.5 Å². The Balaban J connectivity index is 2.80. The van der Waals surface area contributed by atoms with E-state index >= 15 is 0 Å². The first-order valence-corrected chi connectivity index (χ1v) is 20.0. The van der Waals surface area contributed by atoms with Crippen molar-refractivity contribution in [2.75, 3.05) is 72.0 Å². The maximum absolute atomic E-state index is 13.4. The van der Waals surface area contributed by atoms with Gasteiger partial charge in [0.15, 0.2) is 0 Å². The van der Waals surface area contributed by atoms with Gasteiger partial charge in [0.2, 0.25) is 29.5 Å². The van der Waals surface area contributed by atoms with E-state index in [1.165, 1.54) is 0 Å². The number of nitrogens with one attached hydrogen (secondary N) is 8. The number of nitrogens with two attached hydrogens (primary N) is 4. The molecule has 1 aromatic carbocycles. The molecule has 3 atom stereocenters. The van der Waals surface area contributed by atoms with Crippen molar-refractivity contribution >= 4 is 35.4 Å². The molecule has 0 saturated heterocycles. The summed E-state index contributed by atoms with van der Waals surface area (Å²) in [6, 6.07) is 2.64. The largest absolute Gasteiger partial charge is 0.355 e. The van der Waals surface area contributed by atoms with Crippen LogP contribution in [0.3, 0.4) is 0 Å². The second kappa shape index (κ2) is 26.7. The van der Waals surface area contributed by atoms with E-state index in [-0.39, 0.29) is 61.5 Å². The van der Waals surface area contributed by atoms with Gasteiger partial charge in [-0.15, -0.1) is 0 Å². The van der Waals surface area contributed by atoms with Crippen LogP contribution in [-0.2, 0) is 34.8 Å². The molecular weight excluding hydrogens is 733 g/mol. The van der Waals surface area contributed by atoms with Crippen LogP contribution in [0.1, 0.15) is 95.1 Å². The van der Waals surface area contributed by atoms with Crippen LogP contribution in [0.25, 0.3) is 0 Å². The minimum atomic E-state index is -1.21. The topological polar surface area (TPSA) is 303 Å². The van der Waals surface area contributed by atoms with Crippen molar-refractivity contribution in [2.45, 2.75) is 103 Å². The molecule has 0 bridgehead atoms. The summed E-state index contributed by atoms with van der Waals surface area (Å²) in [6.07, 6.45) is 0.568. The zero-order valence-electron chi connectivity index (χ0n) is 35.0. The molecule has 1 unspecified atom stereocenters. The minimum absolute atomic E-state index is 0.0837. The Morgan fingerprint density at radius 3 is 1.49 bits per heavy atom. The molecule has 0 spiro atoms. The lowest BCUT2D eigenvalue weighted by Crippen LogP contribution is -2.53. The third kappa shape index (κ3) is 21.8. The van der Waals surface area contributed by atoms with Crippen LogP contribution in [0.5, 0.6) is 0 Å². The highest BCUT2D eigenvalue weighted by molar-refractivity contribution is 5.95. The number of rotatable bonds is 27. The lowest BCUT2D eigenvalue weighted by atomic mass is 9.79. The zero-order valence-corrected chi connectivity index (χ0v) is 35.0. The second-order valence-electron chi connectivity index (χ2n) is 16.1. The lowest BCUT2D eigenvalue weighted by Gasteiger charge is -2.26. The molecule has 0 saturated carbocycles. The van der Waals surface area contributed by atoms with E-state index < -0.39 is 41.8 Å². The SMILES string of the molecule is CC(C)(C)c1cc(C(=O)NCCNC(=O)C(CCCCNC(=O)[C@@H](N)CC(=O)NCCNCCN)NC(=O)[C@H](N)CC(=O)NCCNCCN)cc(C(C)(C)C)c1. The van der Waals surface area contributed by atoms with Gasteiger partial charge in [0, 0.05) is 77.6 Å². The smallest absolute Gasteiger partial charge is 0.251 e. The summed E-state index contributed by atoms with van der Waals surface area (Å²) in [7, 11) is 0. The molecule has 18 heteroatoms. The average Bonchev–Trinajstić information content (AvgIpc) is 3.14. The molecule has 0 aliphatic heterocycles. The van der Waals surface area contributed by atoms with E-state index in [0.717, 1.165) is 11.1 Å². The van der Waals surface area contributed by atoms with Gasteiger partial charge in [0.1, 0.15) is 6.04 Å². The first-order valence-electron chi connectivity index (χ1n) is 20.0. The Morgan fingerprint density at radius 2 is 1.00 bits per heavy atom. The molecule has 0 heterocycles. The summed E-state index contributed by atoms with van der Waals surface area (Å²) in [6.45, 7) is 16.9. The summed E-state index contributed by atoms with van der Waals surface area (Å²) in [5.41, 5.74) is 25.1. The Hall–Kier alpha value is -4.20. The summed E-state index contributed by atoms with van der Waals surface area (Å²) < 4.78 is 0. The van der Waals surface area contributed by atoms with E-state index in [2.05, 4.69) is 90.1 Å². The van der Waals surface area contributed by atoms with Crippen molar-refractivity contribution in [1.29, 1.82) is 0 Å². The van der Waals surface area contributed by atoms with Gasteiger partial charge in [0.25, 0.3) is 5.91 Å². The molecule has 0 radical (unpaired) electrons. The maximum Gasteiger partial charge on any atom is 0.251 e. The van der Waals surface area contributed by atoms with Gasteiger partial charge in [-0.2, -0.15) is 0 Å². The molecule has 1 rings (SSSR count). The molecule has 0 fully saturated rings. The molecule has 1 aromatic rings. The standard InChI is InChI=1S/C39H72N12O6/c1-38(2,3)27-21-26(22-28(23-27)39(4,5)6)34(54)49-19-20-50-37(57)31(51-36(56)30(43)25-33(53)47-18-16-45-14-11-41)9-7-8-12-48-35(55)29(42)24-32(52)46-17-15-44-13-10-40/h21-23,29-31,44-45H,7-20,24-25,40-43H2,1-6H3,(H,46,52)(H,47,53)(H,48,55)(H,49,54)(H,50,57)(H,51,56)/t29-,30+,31?/m0/s1. The van der Waals surface area contributed by atoms with Crippen molar-refractivity contribution in [2.24, 2.45) is 22.9 Å². The molecular formula is C39H72N12O6. The molecule has 0 aliphatic carbocycles. The molecule has 324 valence electrons. The van der Waals surface area contributed by atoms with E-state index in [9.17, 15) is 28.8 Å². The van der Waals surface area contributed by atoms with E-state index in [4.69, 9.17) is 22.9 Å². The van der Waals surface area contributed by atoms with Crippen molar-refractivity contribution in [3.8, 4) is 0 Å². The molecule has 6 amide bonds. The van der Waals surface area contributed by atoms with E-state index in [1.807, 2.05) is 12.1 Å². The van der Waals surface area contributed by atoms with Crippen molar-refractivity contribution < 1.29 is 28.8 Å². The number of hydrogen-bond acceptors (Lipinski definition) is 12. The Kier molecular flexibility index (Phi) is 23.8. The van der Waals surface area contributed by atoms with Gasteiger partial charge in [-0.05, 0) is 53.4 Å². The highest BCUT2D eigenvalue weighted by Crippen LogP contribution is 2.30. The fourth-order valence-corrected chi connectivity index (χ4v) is 5.34. The van der Waals surface area contributed by atoms with Crippen LogP contribution in [0.15, 0.2) is 18.2 Å². The number of unbranched alkanes of at least 4 members (excludes halogenated alkanes) is 1. The molecule has 16 N–H and O–H groups in total. The molecule has 0 aromatic heterocycles. The predicted octanol–water partition coefficient (Wildman–Crippen LogP) is -2.34. The van der Waals surface area contributed by atoms with Crippen molar-refractivity contribution in [3.63, 3.8) is 0 Å². The molecule has 0 aliphatic rings. The number of amides is 6. The fraction of sp³-hybridized carbons (Fsp3) is 0.692. The summed E-state index contributed by atoms with van der Waals surface area (Å²) in [5.74, 6) is -2.71. The van der Waals surface area contributed by atoms with Crippen LogP contribution >= 0.6 is 0 Å². The van der Waals surface area contributed by atoms with Crippen molar-refractivity contribution in [1.82, 2.24) is 42.5 Å². The monoisotopic (exact) mass is 805 g/mol. The van der Waals surface area contributed by atoms with Gasteiger partial charge in [-0.1, -0.05) is 47.6 Å². The van der Waals surface area contributed by atoms with E-state index in [1.54, 1.807) is 0 Å². The van der Waals surface area contributed by atoms with Gasteiger partial charge < -0.3 is 65.5 Å².